The maximum absolute atomic E-state index is 6.49. The normalized spacial score (nSPS) is 15.4. The number of hydrogen-bond donors (Lipinski definition) is 0. The van der Waals surface area contributed by atoms with Crippen molar-refractivity contribution in [2.24, 2.45) is 0 Å². The van der Waals surface area contributed by atoms with Gasteiger partial charge in [-0.2, -0.15) is 0 Å². The summed E-state index contributed by atoms with van der Waals surface area (Å²) in [4.78, 5) is 2.20. The number of aryl methyl sites for hydroxylation is 1. The summed E-state index contributed by atoms with van der Waals surface area (Å²) in [5.74, 6) is 0. The molecule has 0 atom stereocenters. The molecular formula is C20H21Cl2N. The molecular weight excluding hydrogens is 325 g/mol. The standard InChI is InChI=1S/C20H21Cl2N/c1-23(2)11-5-8-17-16-7-4-3-6-14(16)9-10-18-19(17)12-15(21)13-20(18)22/h3-4,6-8,12-13H,5,9-11H2,1-2H3. The van der Waals surface area contributed by atoms with Crippen LogP contribution in [0.25, 0.3) is 5.57 Å². The minimum absolute atomic E-state index is 0.701. The SMILES string of the molecule is CN(C)CCC=C1c2ccccc2CCc2c(Cl)cc(Cl)cc21. The Kier molecular flexibility index (Phi) is 5.11. The van der Waals surface area contributed by atoms with Crippen molar-refractivity contribution in [2.45, 2.75) is 19.3 Å². The van der Waals surface area contributed by atoms with E-state index in [1.54, 1.807) is 0 Å². The quantitative estimate of drug-likeness (QED) is 0.712. The molecule has 23 heavy (non-hydrogen) atoms. The van der Waals surface area contributed by atoms with Crippen LogP contribution < -0.4 is 0 Å². The van der Waals surface area contributed by atoms with Crippen molar-refractivity contribution in [2.75, 3.05) is 20.6 Å². The predicted molar refractivity (Wildman–Crippen MR) is 101 cm³/mol. The first-order valence-corrected chi connectivity index (χ1v) is 8.73. The van der Waals surface area contributed by atoms with Gasteiger partial charge < -0.3 is 4.90 Å². The Morgan fingerprint density at radius 3 is 2.61 bits per heavy atom. The highest BCUT2D eigenvalue weighted by Crippen LogP contribution is 2.38. The van der Waals surface area contributed by atoms with E-state index in [1.807, 2.05) is 6.07 Å². The van der Waals surface area contributed by atoms with Crippen LogP contribution in [0, 0.1) is 0 Å². The Labute approximate surface area is 148 Å². The lowest BCUT2D eigenvalue weighted by atomic mass is 9.93. The van der Waals surface area contributed by atoms with Crippen LogP contribution in [0.2, 0.25) is 10.0 Å². The van der Waals surface area contributed by atoms with Crippen molar-refractivity contribution < 1.29 is 0 Å². The molecule has 3 rings (SSSR count). The molecule has 0 radical (unpaired) electrons. The van der Waals surface area contributed by atoms with E-state index in [0.717, 1.165) is 30.8 Å². The van der Waals surface area contributed by atoms with Crippen molar-refractivity contribution in [3.8, 4) is 0 Å². The fourth-order valence-electron chi connectivity index (χ4n) is 3.19. The first kappa shape index (κ1) is 16.6. The number of rotatable bonds is 3. The highest BCUT2D eigenvalue weighted by atomic mass is 35.5. The second kappa shape index (κ2) is 7.09. The molecule has 2 aromatic rings. The molecule has 0 bridgehead atoms. The molecule has 0 fully saturated rings. The fourth-order valence-corrected chi connectivity index (χ4v) is 3.78. The summed E-state index contributed by atoms with van der Waals surface area (Å²) in [6.07, 6.45) is 5.29. The largest absolute Gasteiger partial charge is 0.309 e. The van der Waals surface area contributed by atoms with Crippen LogP contribution in [0.4, 0.5) is 0 Å². The van der Waals surface area contributed by atoms with Crippen molar-refractivity contribution in [3.63, 3.8) is 0 Å². The number of hydrogen-bond acceptors (Lipinski definition) is 1. The maximum Gasteiger partial charge on any atom is 0.0459 e. The van der Waals surface area contributed by atoms with Gasteiger partial charge >= 0.3 is 0 Å². The molecule has 1 aliphatic carbocycles. The van der Waals surface area contributed by atoms with Crippen molar-refractivity contribution >= 4 is 28.8 Å². The third-order valence-electron chi connectivity index (χ3n) is 4.33. The van der Waals surface area contributed by atoms with E-state index in [9.17, 15) is 0 Å². The van der Waals surface area contributed by atoms with Gasteiger partial charge in [0.15, 0.2) is 0 Å². The van der Waals surface area contributed by atoms with Crippen LogP contribution in [-0.4, -0.2) is 25.5 Å². The van der Waals surface area contributed by atoms with Gasteiger partial charge in [-0.05, 0) is 73.3 Å². The van der Waals surface area contributed by atoms with E-state index >= 15 is 0 Å². The van der Waals surface area contributed by atoms with Gasteiger partial charge in [0.05, 0.1) is 0 Å². The Morgan fingerprint density at radius 1 is 1.04 bits per heavy atom. The summed E-state index contributed by atoms with van der Waals surface area (Å²) >= 11 is 12.8. The van der Waals surface area contributed by atoms with Gasteiger partial charge in [0.25, 0.3) is 0 Å². The average molecular weight is 346 g/mol. The van der Waals surface area contributed by atoms with Gasteiger partial charge in [0, 0.05) is 16.6 Å². The molecule has 0 amide bonds. The van der Waals surface area contributed by atoms with Crippen LogP contribution in [-0.2, 0) is 12.8 Å². The van der Waals surface area contributed by atoms with Gasteiger partial charge in [-0.1, -0.05) is 53.5 Å². The van der Waals surface area contributed by atoms with Crippen molar-refractivity contribution in [3.05, 3.63) is 74.8 Å². The molecule has 0 aliphatic heterocycles. The molecule has 0 saturated heterocycles. The van der Waals surface area contributed by atoms with Crippen LogP contribution in [0.15, 0.2) is 42.5 Å². The maximum atomic E-state index is 6.49. The lowest BCUT2D eigenvalue weighted by molar-refractivity contribution is 0.417. The first-order chi connectivity index (χ1) is 11.1. The third kappa shape index (κ3) is 3.63. The van der Waals surface area contributed by atoms with Crippen molar-refractivity contribution in [1.82, 2.24) is 4.90 Å². The summed E-state index contributed by atoms with van der Waals surface area (Å²) in [5, 5.41) is 1.48. The third-order valence-corrected chi connectivity index (χ3v) is 4.88. The molecule has 3 heteroatoms. The molecule has 0 N–H and O–H groups in total. The van der Waals surface area contributed by atoms with Gasteiger partial charge in [0.2, 0.25) is 0 Å². The molecule has 2 aromatic carbocycles. The van der Waals surface area contributed by atoms with Crippen LogP contribution in [0.5, 0.6) is 0 Å². The summed E-state index contributed by atoms with van der Waals surface area (Å²) in [5.41, 5.74) is 6.35. The van der Waals surface area contributed by atoms with Crippen molar-refractivity contribution in [1.29, 1.82) is 0 Å². The summed E-state index contributed by atoms with van der Waals surface area (Å²) in [7, 11) is 4.20. The Morgan fingerprint density at radius 2 is 1.83 bits per heavy atom. The average Bonchev–Trinajstić information content (AvgIpc) is 2.65. The van der Waals surface area contributed by atoms with Crippen LogP contribution in [0.3, 0.4) is 0 Å². The van der Waals surface area contributed by atoms with Gasteiger partial charge in [0.1, 0.15) is 0 Å². The lowest BCUT2D eigenvalue weighted by Gasteiger charge is -2.14. The molecule has 0 saturated carbocycles. The van der Waals surface area contributed by atoms with E-state index in [0.29, 0.717) is 5.02 Å². The topological polar surface area (TPSA) is 3.24 Å². The van der Waals surface area contributed by atoms with Gasteiger partial charge in [-0.15, -0.1) is 0 Å². The molecule has 0 heterocycles. The summed E-state index contributed by atoms with van der Waals surface area (Å²) < 4.78 is 0. The second-order valence-electron chi connectivity index (χ2n) is 6.28. The minimum atomic E-state index is 0.701. The number of benzene rings is 2. The fraction of sp³-hybridized carbons (Fsp3) is 0.300. The van der Waals surface area contributed by atoms with E-state index in [-0.39, 0.29) is 0 Å². The summed E-state index contributed by atoms with van der Waals surface area (Å²) in [6.45, 7) is 1.02. The van der Waals surface area contributed by atoms with E-state index in [1.165, 1.54) is 27.8 Å². The minimum Gasteiger partial charge on any atom is -0.309 e. The Bertz CT molecular complexity index is 747. The number of nitrogens with zero attached hydrogens (tertiary/aromatic N) is 1. The second-order valence-corrected chi connectivity index (χ2v) is 7.12. The zero-order chi connectivity index (χ0) is 16.4. The Hall–Kier alpha value is -1.28. The zero-order valence-electron chi connectivity index (χ0n) is 13.6. The van der Waals surface area contributed by atoms with Crippen LogP contribution >= 0.6 is 23.2 Å². The number of fused-ring (bicyclic) bond motifs is 2. The Balaban J connectivity index is 2.15. The molecule has 0 unspecified atom stereocenters. The molecule has 0 aromatic heterocycles. The van der Waals surface area contributed by atoms with E-state index in [2.05, 4.69) is 55.4 Å². The zero-order valence-corrected chi connectivity index (χ0v) is 15.1. The predicted octanol–water partition coefficient (Wildman–Crippen LogP) is 5.48. The van der Waals surface area contributed by atoms with Gasteiger partial charge in [-0.25, -0.2) is 0 Å². The molecule has 0 spiro atoms. The van der Waals surface area contributed by atoms with Crippen LogP contribution in [0.1, 0.15) is 28.7 Å². The monoisotopic (exact) mass is 345 g/mol. The van der Waals surface area contributed by atoms with E-state index in [4.69, 9.17) is 23.2 Å². The number of halogens is 2. The molecule has 120 valence electrons. The first-order valence-electron chi connectivity index (χ1n) is 7.97. The molecule has 1 aliphatic rings. The molecule has 1 nitrogen and oxygen atoms in total. The van der Waals surface area contributed by atoms with Gasteiger partial charge in [-0.3, -0.25) is 0 Å². The highest BCUT2D eigenvalue weighted by molar-refractivity contribution is 6.35. The summed E-state index contributed by atoms with van der Waals surface area (Å²) in [6, 6.07) is 12.6. The highest BCUT2D eigenvalue weighted by Gasteiger charge is 2.20. The smallest absolute Gasteiger partial charge is 0.0459 e. The lowest BCUT2D eigenvalue weighted by Crippen LogP contribution is -2.12. The van der Waals surface area contributed by atoms with E-state index < -0.39 is 0 Å².